The molecule has 0 aliphatic carbocycles. The summed E-state index contributed by atoms with van der Waals surface area (Å²) in [6, 6.07) is 17.5. The molecule has 2 aromatic carbocycles. The third-order valence-corrected chi connectivity index (χ3v) is 5.69. The maximum atomic E-state index is 13.1. The van der Waals surface area contributed by atoms with Crippen LogP contribution in [0.5, 0.6) is 11.5 Å². The molecule has 0 saturated carbocycles. The van der Waals surface area contributed by atoms with E-state index in [1.807, 2.05) is 26.1 Å². The van der Waals surface area contributed by atoms with E-state index in [0.29, 0.717) is 36.8 Å². The van der Waals surface area contributed by atoms with Gasteiger partial charge in [0.05, 0.1) is 19.8 Å². The first-order valence-electron chi connectivity index (χ1n) is 11.6. The number of pyridine rings is 1. The highest BCUT2D eigenvalue weighted by Gasteiger charge is 2.17. The molecule has 7 heteroatoms. The van der Waals surface area contributed by atoms with Crippen LogP contribution in [0.25, 0.3) is 0 Å². The standard InChI is InChI=1S/C27H31N3O4/c1-3-33-26-17-23(8-11-25(26)34-20-22-5-4-12-28-18-22)27(31)29(2)19-21-6-9-24(10-7-21)30-13-15-32-16-14-30/h4-12,17-18H,3,13-16,19-20H2,1-2H3. The number of anilines is 1. The number of rotatable bonds is 9. The smallest absolute Gasteiger partial charge is 0.254 e. The lowest BCUT2D eigenvalue weighted by molar-refractivity contribution is 0.0784. The maximum Gasteiger partial charge on any atom is 0.254 e. The fraction of sp³-hybridized carbons (Fsp3) is 0.333. The van der Waals surface area contributed by atoms with Crippen LogP contribution in [0.15, 0.2) is 67.0 Å². The van der Waals surface area contributed by atoms with Gasteiger partial charge in [0, 0.05) is 55.9 Å². The molecule has 4 rings (SSSR count). The van der Waals surface area contributed by atoms with E-state index in [1.54, 1.807) is 35.5 Å². The van der Waals surface area contributed by atoms with Crippen LogP contribution in [0.1, 0.15) is 28.4 Å². The summed E-state index contributed by atoms with van der Waals surface area (Å²) in [5, 5.41) is 0. The summed E-state index contributed by atoms with van der Waals surface area (Å²) in [7, 11) is 1.81. The minimum Gasteiger partial charge on any atom is -0.490 e. The van der Waals surface area contributed by atoms with Crippen molar-refractivity contribution in [2.75, 3.05) is 44.9 Å². The second-order valence-corrected chi connectivity index (χ2v) is 8.17. The number of carbonyl (C=O) groups excluding carboxylic acids is 1. The number of morpholine rings is 1. The topological polar surface area (TPSA) is 64.1 Å². The Morgan fingerprint density at radius 3 is 2.53 bits per heavy atom. The fourth-order valence-corrected chi connectivity index (χ4v) is 3.87. The first-order valence-corrected chi connectivity index (χ1v) is 11.6. The monoisotopic (exact) mass is 461 g/mol. The molecule has 7 nitrogen and oxygen atoms in total. The summed E-state index contributed by atoms with van der Waals surface area (Å²) < 4.78 is 17.1. The van der Waals surface area contributed by atoms with Crippen molar-refractivity contribution in [3.63, 3.8) is 0 Å². The Morgan fingerprint density at radius 1 is 1.03 bits per heavy atom. The Balaban J connectivity index is 1.40. The zero-order chi connectivity index (χ0) is 23.8. The van der Waals surface area contributed by atoms with Crippen LogP contribution in [0.2, 0.25) is 0 Å². The molecular weight excluding hydrogens is 430 g/mol. The highest BCUT2D eigenvalue weighted by Crippen LogP contribution is 2.30. The molecule has 0 atom stereocenters. The van der Waals surface area contributed by atoms with Crippen LogP contribution < -0.4 is 14.4 Å². The average Bonchev–Trinajstić information content (AvgIpc) is 2.89. The van der Waals surface area contributed by atoms with E-state index >= 15 is 0 Å². The first-order chi connectivity index (χ1) is 16.6. The lowest BCUT2D eigenvalue weighted by Gasteiger charge is -2.29. The van der Waals surface area contributed by atoms with E-state index in [0.717, 1.165) is 37.4 Å². The number of ether oxygens (including phenoxy) is 3. The van der Waals surface area contributed by atoms with E-state index in [1.165, 1.54) is 5.69 Å². The summed E-state index contributed by atoms with van der Waals surface area (Å²) in [6.07, 6.45) is 3.49. The molecule has 1 aliphatic heterocycles. The summed E-state index contributed by atoms with van der Waals surface area (Å²) in [6.45, 7) is 6.61. The van der Waals surface area contributed by atoms with Gasteiger partial charge in [-0.15, -0.1) is 0 Å². The van der Waals surface area contributed by atoms with Crippen LogP contribution in [-0.4, -0.2) is 55.7 Å². The summed E-state index contributed by atoms with van der Waals surface area (Å²) in [5.74, 6) is 1.08. The number of hydrogen-bond donors (Lipinski definition) is 0. The number of amides is 1. The van der Waals surface area contributed by atoms with E-state index in [9.17, 15) is 4.79 Å². The summed E-state index contributed by atoms with van der Waals surface area (Å²) in [4.78, 5) is 21.2. The molecule has 0 N–H and O–H groups in total. The van der Waals surface area contributed by atoms with Crippen molar-refractivity contribution in [2.24, 2.45) is 0 Å². The Morgan fingerprint density at radius 2 is 1.82 bits per heavy atom. The van der Waals surface area contributed by atoms with Crippen LogP contribution >= 0.6 is 0 Å². The van der Waals surface area contributed by atoms with Crippen molar-refractivity contribution < 1.29 is 19.0 Å². The van der Waals surface area contributed by atoms with Crippen LogP contribution in [0.3, 0.4) is 0 Å². The normalized spacial score (nSPS) is 13.4. The van der Waals surface area contributed by atoms with Gasteiger partial charge in [0.25, 0.3) is 5.91 Å². The predicted octanol–water partition coefficient (Wildman–Crippen LogP) is 4.17. The van der Waals surface area contributed by atoms with Gasteiger partial charge < -0.3 is 24.0 Å². The molecule has 1 amide bonds. The lowest BCUT2D eigenvalue weighted by atomic mass is 10.1. The highest BCUT2D eigenvalue weighted by molar-refractivity contribution is 5.94. The zero-order valence-corrected chi connectivity index (χ0v) is 19.8. The molecule has 3 aromatic rings. The molecular formula is C27H31N3O4. The summed E-state index contributed by atoms with van der Waals surface area (Å²) >= 11 is 0. The van der Waals surface area contributed by atoms with E-state index in [2.05, 4.69) is 34.1 Å². The SMILES string of the molecule is CCOc1cc(C(=O)N(C)Cc2ccc(N3CCOCC3)cc2)ccc1OCc1cccnc1. The van der Waals surface area contributed by atoms with E-state index in [4.69, 9.17) is 14.2 Å². The van der Waals surface area contributed by atoms with Gasteiger partial charge in [0.1, 0.15) is 6.61 Å². The molecule has 1 aromatic heterocycles. The first kappa shape index (κ1) is 23.6. The number of hydrogen-bond acceptors (Lipinski definition) is 6. The quantitative estimate of drug-likeness (QED) is 0.477. The molecule has 34 heavy (non-hydrogen) atoms. The van der Waals surface area contributed by atoms with Gasteiger partial charge in [-0.3, -0.25) is 9.78 Å². The van der Waals surface area contributed by atoms with Gasteiger partial charge in [-0.1, -0.05) is 18.2 Å². The van der Waals surface area contributed by atoms with Crippen molar-refractivity contribution in [1.82, 2.24) is 9.88 Å². The molecule has 1 aliphatic rings. The van der Waals surface area contributed by atoms with Crippen molar-refractivity contribution in [2.45, 2.75) is 20.1 Å². The number of benzene rings is 2. The highest BCUT2D eigenvalue weighted by atomic mass is 16.5. The number of carbonyl (C=O) groups is 1. The fourth-order valence-electron chi connectivity index (χ4n) is 3.87. The predicted molar refractivity (Wildman–Crippen MR) is 131 cm³/mol. The Hall–Kier alpha value is -3.58. The van der Waals surface area contributed by atoms with E-state index in [-0.39, 0.29) is 5.91 Å². The average molecular weight is 462 g/mol. The van der Waals surface area contributed by atoms with Crippen LogP contribution in [0.4, 0.5) is 5.69 Å². The molecule has 178 valence electrons. The minimum atomic E-state index is -0.0722. The second-order valence-electron chi connectivity index (χ2n) is 8.17. The number of nitrogens with zero attached hydrogens (tertiary/aromatic N) is 3. The van der Waals surface area contributed by atoms with Crippen LogP contribution in [0, 0.1) is 0 Å². The Kier molecular flexibility index (Phi) is 7.99. The van der Waals surface area contributed by atoms with Gasteiger partial charge in [-0.05, 0) is 48.9 Å². The molecule has 0 bridgehead atoms. The van der Waals surface area contributed by atoms with Gasteiger partial charge in [0.15, 0.2) is 11.5 Å². The van der Waals surface area contributed by atoms with Gasteiger partial charge in [-0.2, -0.15) is 0 Å². The largest absolute Gasteiger partial charge is 0.490 e. The van der Waals surface area contributed by atoms with E-state index < -0.39 is 0 Å². The minimum absolute atomic E-state index is 0.0722. The van der Waals surface area contributed by atoms with Crippen molar-refractivity contribution >= 4 is 11.6 Å². The molecule has 2 heterocycles. The van der Waals surface area contributed by atoms with Crippen molar-refractivity contribution in [1.29, 1.82) is 0 Å². The lowest BCUT2D eigenvalue weighted by Crippen LogP contribution is -2.36. The Labute approximate surface area is 200 Å². The number of aromatic nitrogens is 1. The van der Waals surface area contributed by atoms with Gasteiger partial charge >= 0.3 is 0 Å². The zero-order valence-electron chi connectivity index (χ0n) is 19.8. The van der Waals surface area contributed by atoms with Crippen LogP contribution in [-0.2, 0) is 17.9 Å². The maximum absolute atomic E-state index is 13.1. The second kappa shape index (κ2) is 11.5. The summed E-state index contributed by atoms with van der Waals surface area (Å²) in [5.41, 5.74) is 3.78. The molecule has 0 spiro atoms. The molecule has 0 unspecified atom stereocenters. The van der Waals surface area contributed by atoms with Crippen molar-refractivity contribution in [3.05, 3.63) is 83.7 Å². The van der Waals surface area contributed by atoms with Gasteiger partial charge in [0.2, 0.25) is 0 Å². The molecule has 1 saturated heterocycles. The molecule has 0 radical (unpaired) electrons. The van der Waals surface area contributed by atoms with Gasteiger partial charge in [-0.25, -0.2) is 0 Å². The third kappa shape index (κ3) is 6.05. The van der Waals surface area contributed by atoms with Crippen molar-refractivity contribution in [3.8, 4) is 11.5 Å². The Bertz CT molecular complexity index is 1070. The third-order valence-electron chi connectivity index (χ3n) is 5.69. The molecule has 1 fully saturated rings.